The van der Waals surface area contributed by atoms with E-state index in [1.165, 1.54) is 25.9 Å². The maximum Gasteiger partial charge on any atom is 0.0564 e. The van der Waals surface area contributed by atoms with Gasteiger partial charge >= 0.3 is 0 Å². The zero-order valence-corrected chi connectivity index (χ0v) is 11.6. The Morgan fingerprint density at radius 3 is 2.56 bits per heavy atom. The summed E-state index contributed by atoms with van der Waals surface area (Å²) in [5.41, 5.74) is 0. The first-order valence-corrected chi connectivity index (χ1v) is 7.51. The van der Waals surface area contributed by atoms with Gasteiger partial charge < -0.3 is 15.3 Å². The maximum absolute atomic E-state index is 9.20. The van der Waals surface area contributed by atoms with Crippen molar-refractivity contribution >= 4 is 11.8 Å². The molecule has 1 aliphatic heterocycles. The van der Waals surface area contributed by atoms with Crippen LogP contribution in [0.25, 0.3) is 0 Å². The number of aliphatic hydroxyl groups excluding tert-OH is 1. The van der Waals surface area contributed by atoms with Crippen LogP contribution in [0, 0.1) is 5.92 Å². The van der Waals surface area contributed by atoms with Crippen LogP contribution in [0.3, 0.4) is 0 Å². The van der Waals surface area contributed by atoms with Crippen LogP contribution >= 0.6 is 11.8 Å². The summed E-state index contributed by atoms with van der Waals surface area (Å²) in [5.74, 6) is 0.819. The maximum atomic E-state index is 9.20. The highest BCUT2D eigenvalue weighted by molar-refractivity contribution is 7.99. The van der Waals surface area contributed by atoms with E-state index < -0.39 is 0 Å². The van der Waals surface area contributed by atoms with E-state index in [4.69, 9.17) is 0 Å². The minimum absolute atomic E-state index is 0.267. The predicted octanol–water partition coefficient (Wildman–Crippen LogP) is 1.03. The molecule has 0 aromatic rings. The molecule has 0 aliphatic carbocycles. The Kier molecular flexibility index (Phi) is 6.73. The molecule has 0 bridgehead atoms. The van der Waals surface area contributed by atoms with E-state index in [2.05, 4.69) is 30.4 Å². The highest BCUT2D eigenvalue weighted by Gasteiger charge is 2.19. The van der Waals surface area contributed by atoms with Crippen molar-refractivity contribution < 1.29 is 5.11 Å². The van der Waals surface area contributed by atoms with Crippen molar-refractivity contribution in [1.29, 1.82) is 0 Å². The summed E-state index contributed by atoms with van der Waals surface area (Å²) in [4.78, 5) is 2.40. The Bertz CT molecular complexity index is 180. The molecule has 0 spiro atoms. The Hall–Kier alpha value is 0.230. The minimum Gasteiger partial charge on any atom is -0.395 e. The highest BCUT2D eigenvalue weighted by Crippen LogP contribution is 2.16. The number of hydrogen-bond donors (Lipinski definition) is 2. The summed E-state index contributed by atoms with van der Waals surface area (Å²) in [7, 11) is 2.20. The van der Waals surface area contributed by atoms with E-state index in [-0.39, 0.29) is 6.61 Å². The lowest BCUT2D eigenvalue weighted by Gasteiger charge is -2.31. The summed E-state index contributed by atoms with van der Waals surface area (Å²) in [6.07, 6.45) is 4.67. The van der Waals surface area contributed by atoms with Gasteiger partial charge in [-0.2, -0.15) is 11.8 Å². The van der Waals surface area contributed by atoms with Crippen molar-refractivity contribution in [3.63, 3.8) is 0 Å². The van der Waals surface area contributed by atoms with Crippen LogP contribution in [0.4, 0.5) is 0 Å². The largest absolute Gasteiger partial charge is 0.395 e. The molecule has 0 radical (unpaired) electrons. The second kappa shape index (κ2) is 7.54. The molecule has 0 aromatic heterocycles. The first kappa shape index (κ1) is 14.3. The van der Waals surface area contributed by atoms with Crippen LogP contribution in [0.5, 0.6) is 0 Å². The van der Waals surface area contributed by atoms with E-state index in [0.29, 0.717) is 11.3 Å². The molecule has 96 valence electrons. The molecule has 1 heterocycles. The second-order valence-corrected chi connectivity index (χ2v) is 5.98. The van der Waals surface area contributed by atoms with Crippen molar-refractivity contribution in [3.8, 4) is 0 Å². The lowest BCUT2D eigenvalue weighted by atomic mass is 9.97. The topological polar surface area (TPSA) is 35.5 Å². The van der Waals surface area contributed by atoms with Crippen molar-refractivity contribution in [2.75, 3.05) is 39.5 Å². The summed E-state index contributed by atoms with van der Waals surface area (Å²) in [6, 6.07) is 0.402. The van der Waals surface area contributed by atoms with E-state index >= 15 is 0 Å². The van der Waals surface area contributed by atoms with Crippen LogP contribution in [0.2, 0.25) is 0 Å². The predicted molar refractivity (Wildman–Crippen MR) is 72.1 cm³/mol. The summed E-state index contributed by atoms with van der Waals surface area (Å²) in [5, 5.41) is 13.1. The van der Waals surface area contributed by atoms with Crippen molar-refractivity contribution in [2.45, 2.75) is 31.1 Å². The summed E-state index contributed by atoms with van der Waals surface area (Å²) in [6.45, 7) is 6.00. The molecule has 2 unspecified atom stereocenters. The molecule has 16 heavy (non-hydrogen) atoms. The summed E-state index contributed by atoms with van der Waals surface area (Å²) >= 11 is 1.74. The van der Waals surface area contributed by atoms with Crippen molar-refractivity contribution in [3.05, 3.63) is 0 Å². The normalized spacial score (nSPS) is 23.2. The fourth-order valence-electron chi connectivity index (χ4n) is 2.19. The zero-order valence-electron chi connectivity index (χ0n) is 10.8. The quantitative estimate of drug-likeness (QED) is 0.734. The number of nitrogens with one attached hydrogen (secondary N) is 1. The Labute approximate surface area is 104 Å². The third kappa shape index (κ3) is 4.62. The molecule has 2 atom stereocenters. The van der Waals surface area contributed by atoms with Crippen LogP contribution in [0.1, 0.15) is 19.8 Å². The lowest BCUT2D eigenvalue weighted by molar-refractivity contribution is 0.209. The van der Waals surface area contributed by atoms with E-state index in [1.54, 1.807) is 11.8 Å². The monoisotopic (exact) mass is 246 g/mol. The molecule has 3 nitrogen and oxygen atoms in total. The molecule has 0 amide bonds. The minimum atomic E-state index is 0.267. The molecule has 1 rings (SSSR count). The number of thioether (sulfide) groups is 1. The molecule has 0 saturated carbocycles. The molecule has 1 aliphatic rings. The average Bonchev–Trinajstić information content (AvgIpc) is 2.30. The fraction of sp³-hybridized carbons (Fsp3) is 1.00. The molecule has 1 saturated heterocycles. The smallest absolute Gasteiger partial charge is 0.0564 e. The molecule has 4 heteroatoms. The standard InChI is InChI=1S/C12H26N2OS/c1-10(12(9-15)16-3)13-8-11-4-6-14(2)7-5-11/h10-13,15H,4-9H2,1-3H3. The van der Waals surface area contributed by atoms with Gasteiger partial charge in [0.2, 0.25) is 0 Å². The Morgan fingerprint density at radius 1 is 1.44 bits per heavy atom. The molecule has 2 N–H and O–H groups in total. The summed E-state index contributed by atoms with van der Waals surface area (Å²) < 4.78 is 0. The highest BCUT2D eigenvalue weighted by atomic mass is 32.2. The zero-order chi connectivity index (χ0) is 12.0. The van der Waals surface area contributed by atoms with Gasteiger partial charge in [0.15, 0.2) is 0 Å². The van der Waals surface area contributed by atoms with E-state index in [0.717, 1.165) is 12.5 Å². The number of hydrogen-bond acceptors (Lipinski definition) is 4. The van der Waals surface area contributed by atoms with Crippen LogP contribution in [-0.4, -0.2) is 60.8 Å². The second-order valence-electron chi connectivity index (χ2n) is 4.90. The number of aliphatic hydroxyl groups is 1. The number of rotatable bonds is 6. The van der Waals surface area contributed by atoms with Gasteiger partial charge in [-0.25, -0.2) is 0 Å². The SMILES string of the molecule is CSC(CO)C(C)NCC1CCN(C)CC1. The van der Waals surface area contributed by atoms with E-state index in [9.17, 15) is 5.11 Å². The van der Waals surface area contributed by atoms with Crippen LogP contribution in [0.15, 0.2) is 0 Å². The first-order chi connectivity index (χ1) is 7.67. The molecule has 0 aromatic carbocycles. The van der Waals surface area contributed by atoms with Gasteiger partial charge in [-0.3, -0.25) is 0 Å². The Balaban J connectivity index is 2.18. The molecular formula is C12H26N2OS. The third-order valence-corrected chi connectivity index (χ3v) is 4.77. The van der Waals surface area contributed by atoms with Gasteiger partial charge in [0.25, 0.3) is 0 Å². The lowest BCUT2D eigenvalue weighted by Crippen LogP contribution is -2.42. The van der Waals surface area contributed by atoms with Gasteiger partial charge in [0, 0.05) is 11.3 Å². The van der Waals surface area contributed by atoms with Gasteiger partial charge in [0.05, 0.1) is 6.61 Å². The third-order valence-electron chi connectivity index (χ3n) is 3.61. The number of nitrogens with zero attached hydrogens (tertiary/aromatic N) is 1. The van der Waals surface area contributed by atoms with Crippen LogP contribution < -0.4 is 5.32 Å². The average molecular weight is 246 g/mol. The van der Waals surface area contributed by atoms with Gasteiger partial charge in [0.1, 0.15) is 0 Å². The number of piperidine rings is 1. The number of likely N-dealkylation sites (tertiary alicyclic amines) is 1. The Morgan fingerprint density at radius 2 is 2.06 bits per heavy atom. The first-order valence-electron chi connectivity index (χ1n) is 6.23. The molecular weight excluding hydrogens is 220 g/mol. The van der Waals surface area contributed by atoms with Gasteiger partial charge in [-0.15, -0.1) is 0 Å². The fourth-order valence-corrected chi connectivity index (χ4v) is 2.84. The van der Waals surface area contributed by atoms with E-state index in [1.807, 2.05) is 0 Å². The van der Waals surface area contributed by atoms with Gasteiger partial charge in [-0.1, -0.05) is 0 Å². The molecule has 1 fully saturated rings. The van der Waals surface area contributed by atoms with Gasteiger partial charge in [-0.05, 0) is 58.6 Å². The van der Waals surface area contributed by atoms with Crippen molar-refractivity contribution in [1.82, 2.24) is 10.2 Å². The van der Waals surface area contributed by atoms with Crippen molar-refractivity contribution in [2.24, 2.45) is 5.92 Å². The van der Waals surface area contributed by atoms with Crippen LogP contribution in [-0.2, 0) is 0 Å².